The summed E-state index contributed by atoms with van der Waals surface area (Å²) >= 11 is 7.50. The zero-order valence-corrected chi connectivity index (χ0v) is 24.9. The zero-order chi connectivity index (χ0) is 26.6. The third-order valence-electron chi connectivity index (χ3n) is 7.60. The number of carbonyl (C=O) groups is 1. The van der Waals surface area contributed by atoms with Gasteiger partial charge in [0.05, 0.1) is 15.0 Å². The van der Waals surface area contributed by atoms with Crippen molar-refractivity contribution in [3.05, 3.63) is 110 Å². The average Bonchev–Trinajstić information content (AvgIpc) is 2.87. The van der Waals surface area contributed by atoms with Gasteiger partial charge < -0.3 is 10.1 Å². The molecule has 0 bridgehead atoms. The van der Waals surface area contributed by atoms with E-state index >= 15 is 0 Å². The van der Waals surface area contributed by atoms with Gasteiger partial charge in [-0.05, 0) is 96.3 Å². The van der Waals surface area contributed by atoms with Crippen LogP contribution in [-0.2, 0) is 11.4 Å². The molecule has 3 nitrogen and oxygen atoms in total. The van der Waals surface area contributed by atoms with Gasteiger partial charge in [0.1, 0.15) is 12.4 Å². The summed E-state index contributed by atoms with van der Waals surface area (Å²) in [6, 6.07) is 25.0. The molecule has 0 saturated carbocycles. The molecular formula is C33H29Br2NO2. The molecule has 0 spiro atoms. The lowest BCUT2D eigenvalue weighted by Gasteiger charge is -2.40. The fourth-order valence-electron chi connectivity index (χ4n) is 5.81. The molecule has 0 amide bonds. The van der Waals surface area contributed by atoms with E-state index in [9.17, 15) is 4.79 Å². The second-order valence-electron chi connectivity index (χ2n) is 11.2. The Hall–Kier alpha value is -2.89. The zero-order valence-electron chi connectivity index (χ0n) is 21.7. The third-order valence-corrected chi connectivity index (χ3v) is 8.78. The molecule has 1 atom stereocenters. The van der Waals surface area contributed by atoms with Gasteiger partial charge in [-0.2, -0.15) is 0 Å². The number of rotatable bonds is 4. The Balaban J connectivity index is 1.42. The number of allylic oxidation sites excluding steroid dienone is 1. The van der Waals surface area contributed by atoms with Crippen LogP contribution < -0.4 is 10.1 Å². The van der Waals surface area contributed by atoms with Crippen LogP contribution in [0, 0.1) is 12.3 Å². The summed E-state index contributed by atoms with van der Waals surface area (Å²) in [5.74, 6) is 0.973. The van der Waals surface area contributed by atoms with E-state index in [0.29, 0.717) is 13.0 Å². The van der Waals surface area contributed by atoms with E-state index in [0.717, 1.165) is 43.5 Å². The number of hydrogen-bond acceptors (Lipinski definition) is 3. The fourth-order valence-corrected chi connectivity index (χ4v) is 7.26. The highest BCUT2D eigenvalue weighted by Crippen LogP contribution is 2.52. The fraction of sp³-hybridized carbons (Fsp3) is 0.242. The van der Waals surface area contributed by atoms with Gasteiger partial charge in [-0.3, -0.25) is 4.79 Å². The van der Waals surface area contributed by atoms with Crippen molar-refractivity contribution in [1.82, 2.24) is 0 Å². The first-order valence-corrected chi connectivity index (χ1v) is 14.5. The maximum absolute atomic E-state index is 13.7. The average molecular weight is 631 g/mol. The van der Waals surface area contributed by atoms with Crippen molar-refractivity contribution in [2.75, 3.05) is 5.32 Å². The minimum Gasteiger partial charge on any atom is -0.487 e. The maximum atomic E-state index is 13.7. The molecule has 0 saturated heterocycles. The number of hydrogen-bond donors (Lipinski definition) is 1. The summed E-state index contributed by atoms with van der Waals surface area (Å²) in [4.78, 5) is 13.7. The number of anilines is 1. The molecule has 5 heteroatoms. The van der Waals surface area contributed by atoms with E-state index in [1.165, 1.54) is 27.5 Å². The molecule has 0 aromatic heterocycles. The lowest BCUT2D eigenvalue weighted by molar-refractivity contribution is -0.118. The van der Waals surface area contributed by atoms with Crippen molar-refractivity contribution in [1.29, 1.82) is 0 Å². The Labute approximate surface area is 240 Å². The Kier molecular flexibility index (Phi) is 6.48. The Morgan fingerprint density at radius 1 is 0.947 bits per heavy atom. The number of Topliss-reactive ketones (excluding diaryl/α,β-unsaturated/α-hetero) is 1. The Morgan fingerprint density at radius 3 is 2.39 bits per heavy atom. The predicted octanol–water partition coefficient (Wildman–Crippen LogP) is 9.56. The highest BCUT2D eigenvalue weighted by atomic mass is 79.9. The van der Waals surface area contributed by atoms with Gasteiger partial charge in [0.2, 0.25) is 0 Å². The summed E-state index contributed by atoms with van der Waals surface area (Å²) in [5, 5.41) is 6.12. The minimum absolute atomic E-state index is 0.0825. The summed E-state index contributed by atoms with van der Waals surface area (Å²) in [6.45, 7) is 6.95. The van der Waals surface area contributed by atoms with Gasteiger partial charge in [-0.1, -0.05) is 74.0 Å². The number of ether oxygens (including phenoxy) is 1. The monoisotopic (exact) mass is 629 g/mol. The lowest BCUT2D eigenvalue weighted by Crippen LogP contribution is -2.33. The first-order chi connectivity index (χ1) is 18.2. The molecule has 4 aromatic rings. The van der Waals surface area contributed by atoms with Crippen LogP contribution in [0.25, 0.3) is 16.3 Å². The topological polar surface area (TPSA) is 38.3 Å². The number of benzene rings is 4. The molecule has 4 aromatic carbocycles. The quantitative estimate of drug-likeness (QED) is 0.244. The molecule has 1 heterocycles. The van der Waals surface area contributed by atoms with E-state index < -0.39 is 0 Å². The molecule has 2 aliphatic rings. The van der Waals surface area contributed by atoms with Crippen LogP contribution in [0.2, 0.25) is 0 Å². The number of nitrogens with one attached hydrogen (secondary N) is 1. The van der Waals surface area contributed by atoms with Crippen molar-refractivity contribution in [2.45, 2.75) is 46.3 Å². The number of fused-ring (bicyclic) bond motifs is 4. The molecule has 0 radical (unpaired) electrons. The Morgan fingerprint density at radius 2 is 1.66 bits per heavy atom. The number of ketones is 1. The third kappa shape index (κ3) is 4.60. The largest absolute Gasteiger partial charge is 0.487 e. The normalized spacial score (nSPS) is 18.1. The molecule has 1 unspecified atom stereocenters. The van der Waals surface area contributed by atoms with E-state index in [-0.39, 0.29) is 17.2 Å². The van der Waals surface area contributed by atoms with E-state index in [1.807, 2.05) is 0 Å². The Bertz CT molecular complexity index is 1600. The lowest BCUT2D eigenvalue weighted by atomic mass is 9.68. The minimum atomic E-state index is -0.235. The SMILES string of the molecule is Cc1ccc(COc2c(Br)cc(C3Nc4ccc5ccccc5c4C4=C3C(=O)CC(C)(C)C4)cc2Br)cc1. The number of carbonyl (C=O) groups excluding carboxylic acids is 1. The van der Waals surface area contributed by atoms with Crippen LogP contribution in [0.4, 0.5) is 5.69 Å². The molecular weight excluding hydrogens is 602 g/mol. The van der Waals surface area contributed by atoms with Gasteiger partial charge in [-0.15, -0.1) is 0 Å². The second kappa shape index (κ2) is 9.69. The van der Waals surface area contributed by atoms with Crippen LogP contribution in [0.3, 0.4) is 0 Å². The molecule has 1 aliphatic heterocycles. The van der Waals surface area contributed by atoms with Gasteiger partial charge in [-0.25, -0.2) is 0 Å². The van der Waals surface area contributed by atoms with Crippen molar-refractivity contribution in [2.24, 2.45) is 5.41 Å². The molecule has 1 N–H and O–H groups in total. The van der Waals surface area contributed by atoms with E-state index in [4.69, 9.17) is 4.74 Å². The standard InChI is InChI=1S/C33H29Br2NO2/c1-19-8-10-20(11-9-19)18-38-32-25(34)14-22(15-26(32)35)31-30-24(16-33(2,3)17-28(30)37)29-23-7-5-4-6-21(23)12-13-27(29)36-31/h4-15,31,36H,16-18H2,1-3H3. The smallest absolute Gasteiger partial charge is 0.162 e. The van der Waals surface area contributed by atoms with E-state index in [2.05, 4.69) is 131 Å². The van der Waals surface area contributed by atoms with Crippen LogP contribution in [0.15, 0.2) is 87.3 Å². The van der Waals surface area contributed by atoms with Gasteiger partial charge in [0.25, 0.3) is 0 Å². The summed E-state index contributed by atoms with van der Waals surface area (Å²) in [7, 11) is 0. The molecule has 0 fully saturated rings. The molecule has 38 heavy (non-hydrogen) atoms. The predicted molar refractivity (Wildman–Crippen MR) is 163 cm³/mol. The van der Waals surface area contributed by atoms with Crippen LogP contribution >= 0.6 is 31.9 Å². The van der Waals surface area contributed by atoms with Gasteiger partial charge in [0.15, 0.2) is 5.78 Å². The highest BCUT2D eigenvalue weighted by molar-refractivity contribution is 9.11. The summed E-state index contributed by atoms with van der Waals surface area (Å²) in [6.07, 6.45) is 1.41. The van der Waals surface area contributed by atoms with Crippen LogP contribution in [-0.4, -0.2) is 5.78 Å². The van der Waals surface area contributed by atoms with Crippen LogP contribution in [0.5, 0.6) is 5.75 Å². The first kappa shape index (κ1) is 25.4. The maximum Gasteiger partial charge on any atom is 0.162 e. The molecule has 6 rings (SSSR count). The number of aryl methyl sites for hydroxylation is 1. The highest BCUT2D eigenvalue weighted by Gasteiger charge is 2.41. The first-order valence-electron chi connectivity index (χ1n) is 12.9. The van der Waals surface area contributed by atoms with Crippen molar-refractivity contribution in [3.8, 4) is 5.75 Å². The van der Waals surface area contributed by atoms with Crippen LogP contribution in [0.1, 0.15) is 55.0 Å². The summed E-state index contributed by atoms with van der Waals surface area (Å²) < 4.78 is 7.91. The van der Waals surface area contributed by atoms with Crippen molar-refractivity contribution < 1.29 is 9.53 Å². The van der Waals surface area contributed by atoms with Gasteiger partial charge in [0, 0.05) is 23.2 Å². The molecule has 1 aliphatic carbocycles. The molecule has 192 valence electrons. The van der Waals surface area contributed by atoms with E-state index in [1.54, 1.807) is 0 Å². The van der Waals surface area contributed by atoms with Gasteiger partial charge >= 0.3 is 0 Å². The van der Waals surface area contributed by atoms with Crippen molar-refractivity contribution in [3.63, 3.8) is 0 Å². The van der Waals surface area contributed by atoms with Crippen molar-refractivity contribution >= 4 is 59.7 Å². The second-order valence-corrected chi connectivity index (χ2v) is 12.9. The number of halogens is 2. The summed E-state index contributed by atoms with van der Waals surface area (Å²) in [5.41, 5.74) is 7.59.